The second-order valence-corrected chi connectivity index (χ2v) is 3.94. The molecule has 3 nitrogen and oxygen atoms in total. The van der Waals surface area contributed by atoms with Crippen LogP contribution in [0.15, 0.2) is 24.3 Å². The maximum Gasteiger partial charge on any atom is 0.216 e. The summed E-state index contributed by atoms with van der Waals surface area (Å²) in [6.07, 6.45) is 5.15. The van der Waals surface area contributed by atoms with Crippen LogP contribution < -0.4 is 5.32 Å². The fourth-order valence-corrected chi connectivity index (χ4v) is 1.61. The van der Waals surface area contributed by atoms with E-state index in [1.807, 2.05) is 6.08 Å². The normalized spacial score (nSPS) is 10.5. The third-order valence-corrected chi connectivity index (χ3v) is 2.51. The Kier molecular flexibility index (Phi) is 5.43. The van der Waals surface area contributed by atoms with Crippen molar-refractivity contribution in [3.8, 4) is 0 Å². The number of carbonyl (C=O) groups excluding carboxylic acids is 2. The number of amides is 1. The number of hydrogen-bond acceptors (Lipinski definition) is 2. The van der Waals surface area contributed by atoms with E-state index in [-0.39, 0.29) is 5.91 Å². The van der Waals surface area contributed by atoms with Gasteiger partial charge in [0.15, 0.2) is 6.29 Å². The lowest BCUT2D eigenvalue weighted by Crippen LogP contribution is -2.20. The van der Waals surface area contributed by atoms with E-state index in [0.29, 0.717) is 29.1 Å². The molecule has 17 heavy (non-hydrogen) atoms. The number of halogens is 1. The van der Waals surface area contributed by atoms with Crippen molar-refractivity contribution in [2.75, 3.05) is 6.54 Å². The van der Waals surface area contributed by atoms with Crippen LogP contribution >= 0.6 is 11.6 Å². The van der Waals surface area contributed by atoms with E-state index >= 15 is 0 Å². The van der Waals surface area contributed by atoms with Crippen LogP contribution in [0, 0.1) is 0 Å². The van der Waals surface area contributed by atoms with E-state index in [2.05, 4.69) is 5.32 Å². The van der Waals surface area contributed by atoms with Crippen molar-refractivity contribution in [2.24, 2.45) is 0 Å². The molecule has 1 N–H and O–H groups in total. The van der Waals surface area contributed by atoms with Gasteiger partial charge in [-0.1, -0.05) is 35.9 Å². The zero-order valence-electron chi connectivity index (χ0n) is 9.57. The Bertz CT molecular complexity index is 441. The molecule has 0 spiro atoms. The van der Waals surface area contributed by atoms with E-state index in [9.17, 15) is 9.59 Å². The highest BCUT2D eigenvalue weighted by molar-refractivity contribution is 6.32. The molecule has 0 aliphatic heterocycles. The maximum absolute atomic E-state index is 10.8. The summed E-state index contributed by atoms with van der Waals surface area (Å²) in [5, 5.41) is 3.23. The molecular weight excluding hydrogens is 238 g/mol. The zero-order valence-corrected chi connectivity index (χ0v) is 10.3. The molecule has 1 aromatic rings. The van der Waals surface area contributed by atoms with Crippen LogP contribution in [-0.4, -0.2) is 18.7 Å². The Morgan fingerprint density at radius 2 is 2.24 bits per heavy atom. The van der Waals surface area contributed by atoms with Crippen LogP contribution in [0.25, 0.3) is 6.08 Å². The van der Waals surface area contributed by atoms with Gasteiger partial charge >= 0.3 is 0 Å². The van der Waals surface area contributed by atoms with Crippen LogP contribution in [0.3, 0.4) is 0 Å². The molecule has 0 radical (unpaired) electrons. The zero-order chi connectivity index (χ0) is 12.7. The van der Waals surface area contributed by atoms with Crippen LogP contribution in [0.1, 0.15) is 29.3 Å². The van der Waals surface area contributed by atoms with Gasteiger partial charge in [-0.2, -0.15) is 0 Å². The van der Waals surface area contributed by atoms with Gasteiger partial charge < -0.3 is 5.32 Å². The van der Waals surface area contributed by atoms with Gasteiger partial charge in [-0.15, -0.1) is 0 Å². The standard InChI is InChI=1S/C13H14ClNO2/c1-10(17)15-8-3-2-6-12-11(9-16)5-4-7-13(12)14/h2,4-7,9H,3,8H2,1H3,(H,15,17). The monoisotopic (exact) mass is 251 g/mol. The first-order chi connectivity index (χ1) is 8.15. The number of benzene rings is 1. The third kappa shape index (κ3) is 4.41. The molecule has 4 heteroatoms. The van der Waals surface area contributed by atoms with E-state index < -0.39 is 0 Å². The average molecular weight is 252 g/mol. The largest absolute Gasteiger partial charge is 0.356 e. The minimum absolute atomic E-state index is 0.0512. The highest BCUT2D eigenvalue weighted by Crippen LogP contribution is 2.20. The Labute approximate surface area is 105 Å². The summed E-state index contributed by atoms with van der Waals surface area (Å²) in [5.41, 5.74) is 1.28. The number of nitrogens with one attached hydrogen (secondary N) is 1. The maximum atomic E-state index is 10.8. The SMILES string of the molecule is CC(=O)NCCC=Cc1c(Cl)cccc1C=O. The lowest BCUT2D eigenvalue weighted by Gasteiger charge is -2.02. The molecule has 0 saturated carbocycles. The lowest BCUT2D eigenvalue weighted by molar-refractivity contribution is -0.118. The molecule has 0 atom stereocenters. The molecule has 1 rings (SSSR count). The first kappa shape index (κ1) is 13.5. The first-order valence-electron chi connectivity index (χ1n) is 5.30. The molecule has 1 amide bonds. The molecule has 90 valence electrons. The topological polar surface area (TPSA) is 46.2 Å². The van der Waals surface area contributed by atoms with Gasteiger partial charge in [0.25, 0.3) is 0 Å². The van der Waals surface area contributed by atoms with Crippen molar-refractivity contribution >= 4 is 29.9 Å². The second kappa shape index (κ2) is 6.86. The minimum atomic E-state index is -0.0512. The smallest absolute Gasteiger partial charge is 0.216 e. The summed E-state index contributed by atoms with van der Waals surface area (Å²) in [5.74, 6) is -0.0512. The Balaban J connectivity index is 2.64. The van der Waals surface area contributed by atoms with Gasteiger partial charge in [0, 0.05) is 29.6 Å². The lowest BCUT2D eigenvalue weighted by atomic mass is 10.1. The summed E-state index contributed by atoms with van der Waals surface area (Å²) < 4.78 is 0. The van der Waals surface area contributed by atoms with Crippen molar-refractivity contribution in [3.05, 3.63) is 40.4 Å². The van der Waals surface area contributed by atoms with E-state index in [1.165, 1.54) is 6.92 Å². The Morgan fingerprint density at radius 3 is 2.88 bits per heavy atom. The van der Waals surface area contributed by atoms with Gasteiger partial charge in [-0.3, -0.25) is 9.59 Å². The van der Waals surface area contributed by atoms with Crippen molar-refractivity contribution in [1.82, 2.24) is 5.32 Å². The Morgan fingerprint density at radius 1 is 1.47 bits per heavy atom. The number of rotatable bonds is 5. The summed E-state index contributed by atoms with van der Waals surface area (Å²) in [4.78, 5) is 21.4. The first-order valence-corrected chi connectivity index (χ1v) is 5.67. The summed E-state index contributed by atoms with van der Waals surface area (Å²) in [7, 11) is 0. The predicted molar refractivity (Wildman–Crippen MR) is 69.2 cm³/mol. The van der Waals surface area contributed by atoms with Crippen LogP contribution in [0.2, 0.25) is 5.02 Å². The second-order valence-electron chi connectivity index (χ2n) is 3.53. The molecule has 0 saturated heterocycles. The quantitative estimate of drug-likeness (QED) is 0.646. The van der Waals surface area contributed by atoms with E-state index in [4.69, 9.17) is 11.6 Å². The van der Waals surface area contributed by atoms with E-state index in [0.717, 1.165) is 6.29 Å². The highest BCUT2D eigenvalue weighted by Gasteiger charge is 2.01. The van der Waals surface area contributed by atoms with Crippen molar-refractivity contribution in [3.63, 3.8) is 0 Å². The molecule has 0 aliphatic carbocycles. The molecule has 0 heterocycles. The molecular formula is C13H14ClNO2. The highest BCUT2D eigenvalue weighted by atomic mass is 35.5. The minimum Gasteiger partial charge on any atom is -0.356 e. The van der Waals surface area contributed by atoms with Crippen molar-refractivity contribution < 1.29 is 9.59 Å². The summed E-state index contributed by atoms with van der Waals surface area (Å²) >= 11 is 5.99. The van der Waals surface area contributed by atoms with Gasteiger partial charge in [0.2, 0.25) is 5.91 Å². The molecule has 0 fully saturated rings. The van der Waals surface area contributed by atoms with Gasteiger partial charge in [-0.25, -0.2) is 0 Å². The molecule has 1 aromatic carbocycles. The molecule has 0 aromatic heterocycles. The van der Waals surface area contributed by atoms with Crippen LogP contribution in [-0.2, 0) is 4.79 Å². The predicted octanol–water partition coefficient (Wildman–Crippen LogP) is 2.69. The summed E-state index contributed by atoms with van der Waals surface area (Å²) in [6, 6.07) is 5.19. The van der Waals surface area contributed by atoms with E-state index in [1.54, 1.807) is 24.3 Å². The van der Waals surface area contributed by atoms with Crippen molar-refractivity contribution in [1.29, 1.82) is 0 Å². The summed E-state index contributed by atoms with van der Waals surface area (Å²) in [6.45, 7) is 2.05. The van der Waals surface area contributed by atoms with Gasteiger partial charge in [-0.05, 0) is 12.5 Å². The van der Waals surface area contributed by atoms with Crippen LogP contribution in [0.4, 0.5) is 0 Å². The van der Waals surface area contributed by atoms with Crippen molar-refractivity contribution in [2.45, 2.75) is 13.3 Å². The Hall–Kier alpha value is -1.61. The molecule has 0 bridgehead atoms. The molecule has 0 aliphatic rings. The third-order valence-electron chi connectivity index (χ3n) is 2.18. The van der Waals surface area contributed by atoms with Gasteiger partial charge in [0.1, 0.15) is 0 Å². The molecule has 0 unspecified atom stereocenters. The van der Waals surface area contributed by atoms with Gasteiger partial charge in [0.05, 0.1) is 0 Å². The number of carbonyl (C=O) groups is 2. The number of hydrogen-bond donors (Lipinski definition) is 1. The number of aldehydes is 1. The fraction of sp³-hybridized carbons (Fsp3) is 0.231. The average Bonchev–Trinajstić information content (AvgIpc) is 2.30. The van der Waals surface area contributed by atoms with Crippen LogP contribution in [0.5, 0.6) is 0 Å². The fourth-order valence-electron chi connectivity index (χ4n) is 1.37.